The minimum Gasteiger partial charge on any atom is -0.339 e. The van der Waals surface area contributed by atoms with Crippen molar-refractivity contribution in [3.05, 3.63) is 0 Å². The lowest BCUT2D eigenvalue weighted by atomic mass is 9.63. The van der Waals surface area contributed by atoms with Gasteiger partial charge in [-0.25, -0.2) is 0 Å². The lowest BCUT2D eigenvalue weighted by molar-refractivity contribution is -0.150. The molecule has 0 aromatic carbocycles. The predicted octanol–water partition coefficient (Wildman–Crippen LogP) is 3.21. The maximum absolute atomic E-state index is 12.8. The Morgan fingerprint density at radius 2 is 2.12 bits per heavy atom. The Bertz CT molecular complexity index is 319. The summed E-state index contributed by atoms with van der Waals surface area (Å²) in [6.07, 6.45) is 8.61. The number of piperidine rings is 1. The van der Waals surface area contributed by atoms with Gasteiger partial charge in [0.1, 0.15) is 0 Å². The summed E-state index contributed by atoms with van der Waals surface area (Å²) in [5.74, 6) is 2.00. The van der Waals surface area contributed by atoms with Gasteiger partial charge in [-0.05, 0) is 50.4 Å². The molecule has 2 aliphatic carbocycles. The quantitative estimate of drug-likeness (QED) is 0.735. The highest BCUT2D eigenvalue weighted by Crippen LogP contribution is 2.50. The van der Waals surface area contributed by atoms with E-state index in [0.717, 1.165) is 31.7 Å². The van der Waals surface area contributed by atoms with Crippen molar-refractivity contribution in [2.45, 2.75) is 64.8 Å². The Morgan fingerprint density at radius 1 is 1.35 bits per heavy atom. The molecule has 2 atom stereocenters. The molecule has 0 aromatic rings. The molecule has 3 aliphatic rings. The van der Waals surface area contributed by atoms with Crippen molar-refractivity contribution >= 4 is 5.91 Å². The minimum absolute atomic E-state index is 0.0542. The van der Waals surface area contributed by atoms with Crippen LogP contribution in [0, 0.1) is 17.3 Å². The van der Waals surface area contributed by atoms with Crippen molar-refractivity contribution in [2.75, 3.05) is 6.54 Å². The van der Waals surface area contributed by atoms with Crippen molar-refractivity contribution in [3.8, 4) is 0 Å². The van der Waals surface area contributed by atoms with Crippen LogP contribution in [0.4, 0.5) is 0 Å². The van der Waals surface area contributed by atoms with E-state index in [1.165, 1.54) is 25.7 Å². The topological polar surface area (TPSA) is 20.3 Å². The van der Waals surface area contributed by atoms with Gasteiger partial charge in [0, 0.05) is 18.0 Å². The lowest BCUT2D eigenvalue weighted by Crippen LogP contribution is -2.51. The van der Waals surface area contributed by atoms with E-state index < -0.39 is 0 Å². The van der Waals surface area contributed by atoms with Crippen LogP contribution in [0.5, 0.6) is 0 Å². The van der Waals surface area contributed by atoms with E-state index in [0.29, 0.717) is 17.9 Å². The molecule has 2 bridgehead atoms. The van der Waals surface area contributed by atoms with Gasteiger partial charge in [0.25, 0.3) is 0 Å². The smallest absolute Gasteiger partial charge is 0.229 e. The van der Waals surface area contributed by atoms with Gasteiger partial charge in [0.05, 0.1) is 0 Å². The van der Waals surface area contributed by atoms with Gasteiger partial charge in [0.2, 0.25) is 5.91 Å². The summed E-state index contributed by atoms with van der Waals surface area (Å²) in [4.78, 5) is 15.1. The van der Waals surface area contributed by atoms with Gasteiger partial charge < -0.3 is 4.90 Å². The van der Waals surface area contributed by atoms with Gasteiger partial charge in [0.15, 0.2) is 0 Å². The number of rotatable bonds is 3. The van der Waals surface area contributed by atoms with E-state index in [-0.39, 0.29) is 5.41 Å². The monoisotopic (exact) mass is 235 g/mol. The first kappa shape index (κ1) is 11.6. The van der Waals surface area contributed by atoms with E-state index in [4.69, 9.17) is 0 Å². The molecule has 0 N–H and O–H groups in total. The van der Waals surface area contributed by atoms with Crippen molar-refractivity contribution in [1.29, 1.82) is 0 Å². The third kappa shape index (κ3) is 1.80. The maximum Gasteiger partial charge on any atom is 0.229 e. The second-order valence-corrected chi connectivity index (χ2v) is 7.02. The largest absolute Gasteiger partial charge is 0.339 e. The van der Waals surface area contributed by atoms with Gasteiger partial charge in [-0.2, -0.15) is 0 Å². The molecule has 3 fully saturated rings. The lowest BCUT2D eigenvalue weighted by Gasteiger charge is -2.45. The molecule has 1 amide bonds. The second-order valence-electron chi connectivity index (χ2n) is 7.02. The molecule has 0 aromatic heterocycles. The highest BCUT2D eigenvalue weighted by molar-refractivity contribution is 5.84. The fraction of sp³-hybridized carbons (Fsp3) is 0.933. The number of carbonyl (C=O) groups excluding carboxylic acids is 1. The Labute approximate surface area is 105 Å². The van der Waals surface area contributed by atoms with Crippen LogP contribution in [0.2, 0.25) is 0 Å². The third-order valence-electron chi connectivity index (χ3n) is 5.23. The summed E-state index contributed by atoms with van der Waals surface area (Å²) in [5.41, 5.74) is 0.0542. The first-order chi connectivity index (χ1) is 8.11. The zero-order valence-corrected chi connectivity index (χ0v) is 11.2. The highest BCUT2D eigenvalue weighted by Gasteiger charge is 2.50. The molecule has 2 heteroatoms. The Balaban J connectivity index is 1.72. The summed E-state index contributed by atoms with van der Waals surface area (Å²) in [6.45, 7) is 5.58. The molecule has 0 spiro atoms. The van der Waals surface area contributed by atoms with Crippen molar-refractivity contribution in [2.24, 2.45) is 17.3 Å². The summed E-state index contributed by atoms with van der Waals surface area (Å²) in [5, 5.41) is 0. The number of amides is 1. The normalized spacial score (nSPS) is 34.2. The first-order valence-electron chi connectivity index (χ1n) is 7.42. The predicted molar refractivity (Wildman–Crippen MR) is 68.6 cm³/mol. The number of hydrogen-bond donors (Lipinski definition) is 0. The molecular formula is C15H25NO. The fourth-order valence-corrected chi connectivity index (χ4v) is 4.37. The second kappa shape index (κ2) is 4.00. The standard InChI is InChI=1S/C15H25NO/c1-11(2)9-15(6-3-7-15)14(17)16-10-12-4-5-13(16)8-12/h11-13H,3-10H2,1-2H3. The van der Waals surface area contributed by atoms with Crippen molar-refractivity contribution in [3.63, 3.8) is 0 Å². The molecular weight excluding hydrogens is 210 g/mol. The molecule has 96 valence electrons. The van der Waals surface area contributed by atoms with E-state index in [2.05, 4.69) is 18.7 Å². The molecule has 2 nitrogen and oxygen atoms in total. The summed E-state index contributed by atoms with van der Waals surface area (Å²) in [6, 6.07) is 0.608. The number of nitrogens with zero attached hydrogens (tertiary/aromatic N) is 1. The zero-order chi connectivity index (χ0) is 12.0. The number of fused-ring (bicyclic) bond motifs is 2. The minimum atomic E-state index is 0.0542. The van der Waals surface area contributed by atoms with Crippen LogP contribution in [-0.4, -0.2) is 23.4 Å². The molecule has 1 aliphatic heterocycles. The number of likely N-dealkylation sites (tertiary alicyclic amines) is 1. The van der Waals surface area contributed by atoms with Gasteiger partial charge in [-0.15, -0.1) is 0 Å². The molecule has 2 saturated carbocycles. The maximum atomic E-state index is 12.8. The molecule has 1 heterocycles. The van der Waals surface area contributed by atoms with E-state index in [1.54, 1.807) is 0 Å². The summed E-state index contributed by atoms with van der Waals surface area (Å²) < 4.78 is 0. The van der Waals surface area contributed by atoms with E-state index in [9.17, 15) is 4.79 Å². The van der Waals surface area contributed by atoms with Gasteiger partial charge >= 0.3 is 0 Å². The molecule has 1 saturated heterocycles. The Hall–Kier alpha value is -0.530. The van der Waals surface area contributed by atoms with Crippen LogP contribution in [0.15, 0.2) is 0 Å². The zero-order valence-electron chi connectivity index (χ0n) is 11.2. The number of hydrogen-bond acceptors (Lipinski definition) is 1. The fourth-order valence-electron chi connectivity index (χ4n) is 4.37. The SMILES string of the molecule is CC(C)CC1(C(=O)N2CC3CCC2C3)CCC1. The molecule has 2 unspecified atom stereocenters. The van der Waals surface area contributed by atoms with E-state index >= 15 is 0 Å². The van der Waals surface area contributed by atoms with Crippen LogP contribution < -0.4 is 0 Å². The van der Waals surface area contributed by atoms with Crippen molar-refractivity contribution < 1.29 is 4.79 Å². The van der Waals surface area contributed by atoms with Crippen LogP contribution in [-0.2, 0) is 4.79 Å². The summed E-state index contributed by atoms with van der Waals surface area (Å²) in [7, 11) is 0. The van der Waals surface area contributed by atoms with Crippen LogP contribution in [0.3, 0.4) is 0 Å². The van der Waals surface area contributed by atoms with Gasteiger partial charge in [-0.3, -0.25) is 4.79 Å². The first-order valence-corrected chi connectivity index (χ1v) is 7.42. The van der Waals surface area contributed by atoms with Crippen molar-refractivity contribution in [1.82, 2.24) is 4.90 Å². The third-order valence-corrected chi connectivity index (χ3v) is 5.23. The van der Waals surface area contributed by atoms with E-state index in [1.807, 2.05) is 0 Å². The highest BCUT2D eigenvalue weighted by atomic mass is 16.2. The van der Waals surface area contributed by atoms with Crippen LogP contribution >= 0.6 is 0 Å². The number of carbonyl (C=O) groups is 1. The molecule has 3 rings (SSSR count). The summed E-state index contributed by atoms with van der Waals surface area (Å²) >= 11 is 0. The Kier molecular flexibility index (Phi) is 2.72. The molecule has 17 heavy (non-hydrogen) atoms. The van der Waals surface area contributed by atoms with Gasteiger partial charge in [-0.1, -0.05) is 20.3 Å². The average molecular weight is 235 g/mol. The van der Waals surface area contributed by atoms with Crippen LogP contribution in [0.1, 0.15) is 58.8 Å². The average Bonchev–Trinajstić information content (AvgIpc) is 2.83. The van der Waals surface area contributed by atoms with Crippen LogP contribution in [0.25, 0.3) is 0 Å². The Morgan fingerprint density at radius 3 is 2.53 bits per heavy atom. The molecule has 0 radical (unpaired) electrons.